The molecule has 0 saturated heterocycles. The average molecular weight is 201 g/mol. The predicted octanol–water partition coefficient (Wildman–Crippen LogP) is 1.37. The molecule has 0 radical (unpaired) electrons. The van der Waals surface area contributed by atoms with Crippen molar-refractivity contribution in [2.45, 2.75) is 0 Å². The van der Waals surface area contributed by atoms with E-state index in [1.54, 1.807) is 12.1 Å². The van der Waals surface area contributed by atoms with E-state index >= 15 is 0 Å². The lowest BCUT2D eigenvalue weighted by atomic mass is 10.3. The first-order chi connectivity index (χ1) is 6.15. The highest BCUT2D eigenvalue weighted by Gasteiger charge is 2.11. The standard InChI is InChI=1S/C8H9ClN2O2/c1-11(13-2)8(12)7-4-3-6(9)5-10-7/h3-5H,1-2H3. The number of rotatable bonds is 2. The van der Waals surface area contributed by atoms with Gasteiger partial charge in [-0.15, -0.1) is 0 Å². The summed E-state index contributed by atoms with van der Waals surface area (Å²) in [7, 11) is 2.92. The molecule has 5 heteroatoms. The minimum absolute atomic E-state index is 0.300. The van der Waals surface area contributed by atoms with E-state index in [1.807, 2.05) is 0 Å². The number of hydrogen-bond acceptors (Lipinski definition) is 3. The second-order valence-corrected chi connectivity index (χ2v) is 2.78. The third kappa shape index (κ3) is 2.40. The Labute approximate surface area is 81.0 Å². The summed E-state index contributed by atoms with van der Waals surface area (Å²) in [6.07, 6.45) is 1.41. The molecule has 0 aliphatic carbocycles. The van der Waals surface area contributed by atoms with Gasteiger partial charge in [-0.2, -0.15) is 0 Å². The van der Waals surface area contributed by atoms with E-state index in [1.165, 1.54) is 20.4 Å². The molecule has 1 heterocycles. The molecule has 0 bridgehead atoms. The largest absolute Gasteiger partial charge is 0.295 e. The highest BCUT2D eigenvalue weighted by atomic mass is 35.5. The number of pyridine rings is 1. The van der Waals surface area contributed by atoms with Gasteiger partial charge in [0.25, 0.3) is 5.91 Å². The van der Waals surface area contributed by atoms with Crippen LogP contribution in [-0.2, 0) is 4.84 Å². The van der Waals surface area contributed by atoms with Crippen LogP contribution in [-0.4, -0.2) is 30.1 Å². The Kier molecular flexibility index (Phi) is 3.22. The van der Waals surface area contributed by atoms with Crippen LogP contribution in [0.3, 0.4) is 0 Å². The number of hydroxylamine groups is 2. The van der Waals surface area contributed by atoms with Crippen LogP contribution >= 0.6 is 11.6 Å². The minimum Gasteiger partial charge on any atom is -0.274 e. The summed E-state index contributed by atoms with van der Waals surface area (Å²) in [6.45, 7) is 0. The number of nitrogens with zero attached hydrogens (tertiary/aromatic N) is 2. The Morgan fingerprint density at radius 2 is 2.31 bits per heavy atom. The summed E-state index contributed by atoms with van der Waals surface area (Å²) >= 11 is 5.61. The van der Waals surface area contributed by atoms with Gasteiger partial charge in [0.2, 0.25) is 0 Å². The topological polar surface area (TPSA) is 42.4 Å². The summed E-state index contributed by atoms with van der Waals surface area (Å²) in [6, 6.07) is 3.14. The highest BCUT2D eigenvalue weighted by Crippen LogP contribution is 2.07. The second kappa shape index (κ2) is 4.20. The second-order valence-electron chi connectivity index (χ2n) is 2.35. The van der Waals surface area contributed by atoms with Crippen molar-refractivity contribution in [3.63, 3.8) is 0 Å². The number of halogens is 1. The zero-order valence-corrected chi connectivity index (χ0v) is 8.08. The molecule has 1 rings (SSSR count). The Hall–Kier alpha value is -1.13. The first kappa shape index (κ1) is 9.95. The Morgan fingerprint density at radius 3 is 2.77 bits per heavy atom. The molecule has 1 aromatic heterocycles. The lowest BCUT2D eigenvalue weighted by molar-refractivity contribution is -0.0760. The van der Waals surface area contributed by atoms with Crippen molar-refractivity contribution in [2.75, 3.05) is 14.2 Å². The fraction of sp³-hybridized carbons (Fsp3) is 0.250. The van der Waals surface area contributed by atoms with Gasteiger partial charge >= 0.3 is 0 Å². The fourth-order valence-corrected chi connectivity index (χ4v) is 0.858. The molecular weight excluding hydrogens is 192 g/mol. The van der Waals surface area contributed by atoms with Gasteiger partial charge in [0.1, 0.15) is 5.69 Å². The first-order valence-electron chi connectivity index (χ1n) is 3.59. The van der Waals surface area contributed by atoms with Crippen molar-refractivity contribution in [1.29, 1.82) is 0 Å². The Balaban J connectivity index is 2.83. The van der Waals surface area contributed by atoms with Gasteiger partial charge in [0.15, 0.2) is 0 Å². The SMILES string of the molecule is CON(C)C(=O)c1ccc(Cl)cn1. The Bertz CT molecular complexity index is 300. The van der Waals surface area contributed by atoms with Crippen molar-refractivity contribution in [2.24, 2.45) is 0 Å². The molecule has 0 N–H and O–H groups in total. The quantitative estimate of drug-likeness (QED) is 0.678. The van der Waals surface area contributed by atoms with Gasteiger partial charge in [-0.05, 0) is 12.1 Å². The van der Waals surface area contributed by atoms with Crippen LogP contribution in [0.5, 0.6) is 0 Å². The van der Waals surface area contributed by atoms with E-state index in [4.69, 9.17) is 16.4 Å². The third-order valence-corrected chi connectivity index (χ3v) is 1.73. The number of hydrogen-bond donors (Lipinski definition) is 0. The summed E-state index contributed by atoms with van der Waals surface area (Å²) in [5.41, 5.74) is 0.300. The van der Waals surface area contributed by atoms with Crippen molar-refractivity contribution >= 4 is 17.5 Å². The maximum Gasteiger partial charge on any atom is 0.295 e. The molecule has 0 aliphatic rings. The fourth-order valence-electron chi connectivity index (χ4n) is 0.747. The summed E-state index contributed by atoms with van der Waals surface area (Å²) < 4.78 is 0. The van der Waals surface area contributed by atoms with E-state index in [-0.39, 0.29) is 5.91 Å². The lowest BCUT2D eigenvalue weighted by Crippen LogP contribution is -2.26. The van der Waals surface area contributed by atoms with Crippen molar-refractivity contribution in [1.82, 2.24) is 10.0 Å². The van der Waals surface area contributed by atoms with E-state index < -0.39 is 0 Å². The molecular formula is C8H9ClN2O2. The predicted molar refractivity (Wildman–Crippen MR) is 48.3 cm³/mol. The number of aromatic nitrogens is 1. The normalized spacial score (nSPS) is 9.77. The third-order valence-electron chi connectivity index (χ3n) is 1.51. The van der Waals surface area contributed by atoms with E-state index in [9.17, 15) is 4.79 Å². The molecule has 4 nitrogen and oxygen atoms in total. The minimum atomic E-state index is -0.306. The highest BCUT2D eigenvalue weighted by molar-refractivity contribution is 6.30. The molecule has 13 heavy (non-hydrogen) atoms. The smallest absolute Gasteiger partial charge is 0.274 e. The van der Waals surface area contributed by atoms with Gasteiger partial charge in [0, 0.05) is 13.2 Å². The van der Waals surface area contributed by atoms with E-state index in [0.717, 1.165) is 5.06 Å². The van der Waals surface area contributed by atoms with Crippen LogP contribution in [0.15, 0.2) is 18.3 Å². The van der Waals surface area contributed by atoms with Crippen LogP contribution in [0, 0.1) is 0 Å². The number of carbonyl (C=O) groups is 1. The molecule has 1 amide bonds. The molecule has 0 unspecified atom stereocenters. The van der Waals surface area contributed by atoms with E-state index in [2.05, 4.69) is 4.98 Å². The average Bonchev–Trinajstić information content (AvgIpc) is 2.17. The van der Waals surface area contributed by atoms with Crippen LogP contribution in [0.1, 0.15) is 10.5 Å². The van der Waals surface area contributed by atoms with Gasteiger partial charge in [-0.25, -0.2) is 10.0 Å². The zero-order valence-electron chi connectivity index (χ0n) is 7.32. The Morgan fingerprint density at radius 1 is 1.62 bits per heavy atom. The molecule has 0 aliphatic heterocycles. The molecule has 0 fully saturated rings. The van der Waals surface area contributed by atoms with Crippen LogP contribution in [0.4, 0.5) is 0 Å². The monoisotopic (exact) mass is 200 g/mol. The maximum atomic E-state index is 11.4. The van der Waals surface area contributed by atoms with Crippen LogP contribution < -0.4 is 0 Å². The molecule has 0 atom stereocenters. The maximum absolute atomic E-state index is 11.4. The summed E-state index contributed by atoms with van der Waals surface area (Å²) in [4.78, 5) is 19.9. The molecule has 0 aromatic carbocycles. The van der Waals surface area contributed by atoms with Crippen molar-refractivity contribution in [3.8, 4) is 0 Å². The summed E-state index contributed by atoms with van der Waals surface area (Å²) in [5, 5.41) is 1.59. The molecule has 0 spiro atoms. The number of carbonyl (C=O) groups excluding carboxylic acids is 1. The molecule has 1 aromatic rings. The number of amides is 1. The van der Waals surface area contributed by atoms with Crippen molar-refractivity contribution < 1.29 is 9.63 Å². The molecule has 0 saturated carbocycles. The van der Waals surface area contributed by atoms with Crippen molar-refractivity contribution in [3.05, 3.63) is 29.0 Å². The van der Waals surface area contributed by atoms with Gasteiger partial charge in [-0.3, -0.25) is 9.63 Å². The van der Waals surface area contributed by atoms with Gasteiger partial charge in [0.05, 0.1) is 12.1 Å². The molecule has 70 valence electrons. The van der Waals surface area contributed by atoms with Crippen LogP contribution in [0.25, 0.3) is 0 Å². The first-order valence-corrected chi connectivity index (χ1v) is 3.96. The van der Waals surface area contributed by atoms with Crippen LogP contribution in [0.2, 0.25) is 5.02 Å². The van der Waals surface area contributed by atoms with Gasteiger partial charge in [-0.1, -0.05) is 11.6 Å². The van der Waals surface area contributed by atoms with Gasteiger partial charge < -0.3 is 0 Å². The summed E-state index contributed by atoms with van der Waals surface area (Å²) in [5.74, 6) is -0.306. The zero-order chi connectivity index (χ0) is 9.84. The van der Waals surface area contributed by atoms with E-state index in [0.29, 0.717) is 10.7 Å². The lowest BCUT2D eigenvalue weighted by Gasteiger charge is -2.12.